The van der Waals surface area contributed by atoms with E-state index in [1.54, 1.807) is 30.5 Å². The van der Waals surface area contributed by atoms with E-state index in [1.807, 2.05) is 30.3 Å². The van der Waals surface area contributed by atoms with Crippen molar-refractivity contribution in [2.75, 3.05) is 6.54 Å². The van der Waals surface area contributed by atoms with Crippen LogP contribution in [0.4, 0.5) is 0 Å². The molecule has 2 heterocycles. The van der Waals surface area contributed by atoms with Gasteiger partial charge in [-0.25, -0.2) is 9.48 Å². The molecule has 2 aromatic heterocycles. The zero-order valence-electron chi connectivity index (χ0n) is 18.7. The van der Waals surface area contributed by atoms with Crippen LogP contribution in [-0.4, -0.2) is 45.3 Å². The summed E-state index contributed by atoms with van der Waals surface area (Å²) in [6.07, 6.45) is 1.51. The molecule has 0 saturated heterocycles. The summed E-state index contributed by atoms with van der Waals surface area (Å²) in [4.78, 5) is 50.1. The Morgan fingerprint density at radius 2 is 1.86 bits per heavy atom. The standard InChI is InChI=1S/C25H22N4O5S/c1-15-10-19-17(12-27-29(24(19)32)14-16-6-3-2-4-7-16)11-18(15)22(30)28-20(25(33)34)13-26-23(31)21-8-5-9-35-21/h2-12,20H,13-14H2,1H3,(H,26,31)(H,28,30)(H,33,34)/t20-/m0/s1. The second kappa shape index (κ2) is 10.3. The lowest BCUT2D eigenvalue weighted by Gasteiger charge is -2.16. The molecule has 10 heteroatoms. The van der Waals surface area contributed by atoms with Crippen molar-refractivity contribution >= 4 is 39.9 Å². The molecule has 0 aliphatic carbocycles. The minimum atomic E-state index is -1.33. The predicted octanol–water partition coefficient (Wildman–Crippen LogP) is 2.43. The lowest BCUT2D eigenvalue weighted by atomic mass is 10.0. The minimum absolute atomic E-state index is 0.218. The van der Waals surface area contributed by atoms with Crippen LogP contribution in [-0.2, 0) is 11.3 Å². The Kier molecular flexibility index (Phi) is 7.02. The van der Waals surface area contributed by atoms with E-state index in [0.29, 0.717) is 27.8 Å². The van der Waals surface area contributed by atoms with E-state index < -0.39 is 23.8 Å². The number of aliphatic carboxylic acids is 1. The third-order valence-corrected chi connectivity index (χ3v) is 6.30. The average Bonchev–Trinajstić information content (AvgIpc) is 3.39. The van der Waals surface area contributed by atoms with Gasteiger partial charge in [-0.3, -0.25) is 14.4 Å². The van der Waals surface area contributed by atoms with E-state index >= 15 is 0 Å². The maximum absolute atomic E-state index is 13.0. The van der Waals surface area contributed by atoms with E-state index in [-0.39, 0.29) is 17.7 Å². The van der Waals surface area contributed by atoms with Crippen molar-refractivity contribution in [3.05, 3.63) is 98.1 Å². The summed E-state index contributed by atoms with van der Waals surface area (Å²) in [5.74, 6) is -2.33. The number of nitrogens with zero attached hydrogens (tertiary/aromatic N) is 2. The Labute approximate surface area is 204 Å². The Morgan fingerprint density at radius 1 is 1.09 bits per heavy atom. The molecule has 0 radical (unpaired) electrons. The van der Waals surface area contributed by atoms with E-state index in [4.69, 9.17) is 0 Å². The Bertz CT molecular complexity index is 1450. The topological polar surface area (TPSA) is 130 Å². The second-order valence-corrected chi connectivity index (χ2v) is 8.85. The summed E-state index contributed by atoms with van der Waals surface area (Å²) in [6.45, 7) is 1.70. The highest BCUT2D eigenvalue weighted by atomic mass is 32.1. The summed E-state index contributed by atoms with van der Waals surface area (Å²) >= 11 is 1.23. The van der Waals surface area contributed by atoms with Crippen molar-refractivity contribution < 1.29 is 19.5 Å². The Morgan fingerprint density at radius 3 is 2.54 bits per heavy atom. The first-order valence-corrected chi connectivity index (χ1v) is 11.6. The molecule has 0 aliphatic rings. The number of fused-ring (bicyclic) bond motifs is 1. The quantitative estimate of drug-likeness (QED) is 0.348. The van der Waals surface area contributed by atoms with Crippen LogP contribution in [0.5, 0.6) is 0 Å². The molecule has 4 rings (SSSR count). The number of thiophene rings is 1. The van der Waals surface area contributed by atoms with Crippen LogP contribution in [0.25, 0.3) is 10.8 Å². The minimum Gasteiger partial charge on any atom is -0.480 e. The molecule has 0 fully saturated rings. The van der Waals surface area contributed by atoms with Crippen LogP contribution in [0.15, 0.2) is 71.0 Å². The second-order valence-electron chi connectivity index (χ2n) is 7.90. The van der Waals surface area contributed by atoms with Crippen LogP contribution in [0, 0.1) is 6.92 Å². The van der Waals surface area contributed by atoms with E-state index in [1.165, 1.54) is 28.3 Å². The summed E-state index contributed by atoms with van der Waals surface area (Å²) in [7, 11) is 0. The molecular weight excluding hydrogens is 468 g/mol. The Hall–Kier alpha value is -4.31. The number of benzene rings is 2. The first-order valence-electron chi connectivity index (χ1n) is 10.7. The van der Waals surface area contributed by atoms with Gasteiger partial charge in [0.1, 0.15) is 6.04 Å². The van der Waals surface area contributed by atoms with Gasteiger partial charge in [0.2, 0.25) is 0 Å². The normalized spacial score (nSPS) is 11.7. The highest BCUT2D eigenvalue weighted by Gasteiger charge is 2.23. The summed E-state index contributed by atoms with van der Waals surface area (Å²) < 4.78 is 1.35. The van der Waals surface area contributed by atoms with Gasteiger partial charge in [-0.15, -0.1) is 11.3 Å². The number of carbonyl (C=O) groups excluding carboxylic acids is 2. The summed E-state index contributed by atoms with van der Waals surface area (Å²) in [5, 5.41) is 21.3. The molecule has 0 bridgehead atoms. The average molecular weight is 491 g/mol. The van der Waals surface area contributed by atoms with Gasteiger partial charge in [-0.2, -0.15) is 5.10 Å². The van der Waals surface area contributed by atoms with Crippen molar-refractivity contribution in [2.24, 2.45) is 0 Å². The highest BCUT2D eigenvalue weighted by Crippen LogP contribution is 2.17. The molecule has 35 heavy (non-hydrogen) atoms. The molecule has 0 saturated carbocycles. The first-order chi connectivity index (χ1) is 16.8. The monoisotopic (exact) mass is 490 g/mol. The van der Waals surface area contributed by atoms with E-state index in [0.717, 1.165) is 5.56 Å². The third kappa shape index (κ3) is 5.44. The maximum atomic E-state index is 13.0. The van der Waals surface area contributed by atoms with Crippen molar-refractivity contribution in [2.45, 2.75) is 19.5 Å². The number of aryl methyl sites for hydroxylation is 1. The number of hydrogen-bond donors (Lipinski definition) is 3. The fraction of sp³-hybridized carbons (Fsp3) is 0.160. The maximum Gasteiger partial charge on any atom is 0.328 e. The molecule has 9 nitrogen and oxygen atoms in total. The van der Waals surface area contributed by atoms with Gasteiger partial charge < -0.3 is 15.7 Å². The van der Waals surface area contributed by atoms with Crippen LogP contribution in [0.2, 0.25) is 0 Å². The smallest absolute Gasteiger partial charge is 0.328 e. The first kappa shape index (κ1) is 23.8. The molecule has 2 amide bonds. The Balaban J connectivity index is 1.53. The molecular formula is C25H22N4O5S. The van der Waals surface area contributed by atoms with Gasteiger partial charge in [0.25, 0.3) is 17.4 Å². The van der Waals surface area contributed by atoms with Crippen molar-refractivity contribution in [1.29, 1.82) is 0 Å². The zero-order chi connectivity index (χ0) is 24.9. The third-order valence-electron chi connectivity index (χ3n) is 5.43. The number of carboxylic acid groups (broad SMARTS) is 1. The van der Waals surface area contributed by atoms with E-state index in [9.17, 15) is 24.3 Å². The molecule has 178 valence electrons. The SMILES string of the molecule is Cc1cc2c(=O)n(Cc3ccccc3)ncc2cc1C(=O)N[C@@H](CNC(=O)c1cccs1)C(=O)O. The molecule has 1 atom stereocenters. The van der Waals surface area contributed by atoms with Crippen LogP contribution < -0.4 is 16.2 Å². The number of hydrogen-bond acceptors (Lipinski definition) is 6. The van der Waals surface area contributed by atoms with Gasteiger partial charge >= 0.3 is 5.97 Å². The molecule has 0 spiro atoms. The largest absolute Gasteiger partial charge is 0.480 e. The lowest BCUT2D eigenvalue weighted by Crippen LogP contribution is -2.48. The van der Waals surface area contributed by atoms with Gasteiger partial charge in [-0.05, 0) is 41.6 Å². The van der Waals surface area contributed by atoms with Crippen LogP contribution in [0.3, 0.4) is 0 Å². The van der Waals surface area contributed by atoms with Gasteiger partial charge in [-0.1, -0.05) is 36.4 Å². The summed E-state index contributed by atoms with van der Waals surface area (Å²) in [6, 6.07) is 14.6. The zero-order valence-corrected chi connectivity index (χ0v) is 19.5. The van der Waals surface area contributed by atoms with Crippen molar-refractivity contribution in [3.8, 4) is 0 Å². The number of nitrogens with one attached hydrogen (secondary N) is 2. The van der Waals surface area contributed by atoms with Crippen molar-refractivity contribution in [1.82, 2.24) is 20.4 Å². The van der Waals surface area contributed by atoms with Crippen molar-refractivity contribution in [3.63, 3.8) is 0 Å². The van der Waals surface area contributed by atoms with Gasteiger partial charge in [0.15, 0.2) is 0 Å². The number of carboxylic acids is 1. The molecule has 3 N–H and O–H groups in total. The number of aromatic nitrogens is 2. The fourth-order valence-electron chi connectivity index (χ4n) is 3.58. The number of amides is 2. The fourth-order valence-corrected chi connectivity index (χ4v) is 4.22. The van der Waals surface area contributed by atoms with Gasteiger partial charge in [0, 0.05) is 17.5 Å². The van der Waals surface area contributed by atoms with Crippen LogP contribution in [0.1, 0.15) is 31.2 Å². The molecule has 0 aliphatic heterocycles. The summed E-state index contributed by atoms with van der Waals surface area (Å²) in [5.41, 5.74) is 1.37. The molecule has 2 aromatic carbocycles. The molecule has 0 unspecified atom stereocenters. The van der Waals surface area contributed by atoms with Gasteiger partial charge in [0.05, 0.1) is 23.0 Å². The van der Waals surface area contributed by atoms with Crippen LogP contribution >= 0.6 is 11.3 Å². The highest BCUT2D eigenvalue weighted by molar-refractivity contribution is 7.12. The predicted molar refractivity (Wildman–Crippen MR) is 132 cm³/mol. The number of carbonyl (C=O) groups is 3. The van der Waals surface area contributed by atoms with E-state index in [2.05, 4.69) is 15.7 Å². The number of rotatable bonds is 8. The lowest BCUT2D eigenvalue weighted by molar-refractivity contribution is -0.139. The molecule has 4 aromatic rings.